The van der Waals surface area contributed by atoms with Crippen LogP contribution in [0.2, 0.25) is 0 Å². The molecule has 2 aliphatic rings. The summed E-state index contributed by atoms with van der Waals surface area (Å²) >= 11 is 0. The number of aliphatic hydroxyl groups is 1. The van der Waals surface area contributed by atoms with Crippen LogP contribution in [0.4, 0.5) is 0 Å². The summed E-state index contributed by atoms with van der Waals surface area (Å²) in [5, 5.41) is 12.3. The van der Waals surface area contributed by atoms with E-state index in [1.54, 1.807) is 0 Å². The lowest BCUT2D eigenvalue weighted by molar-refractivity contribution is -0.0687. The average molecular weight is 127 g/mol. The van der Waals surface area contributed by atoms with Crippen molar-refractivity contribution in [1.82, 2.24) is 5.32 Å². The van der Waals surface area contributed by atoms with Gasteiger partial charge in [0.2, 0.25) is 0 Å². The zero-order valence-corrected chi connectivity index (χ0v) is 5.72. The summed E-state index contributed by atoms with van der Waals surface area (Å²) in [6, 6.07) is 0. The molecule has 2 N–H and O–H groups in total. The maximum Gasteiger partial charge on any atom is 0.109 e. The zero-order chi connectivity index (χ0) is 6.48. The Balaban J connectivity index is 2.13. The summed E-state index contributed by atoms with van der Waals surface area (Å²) in [4.78, 5) is 0. The Morgan fingerprint density at radius 1 is 1.67 bits per heavy atom. The highest BCUT2D eigenvalue weighted by Crippen LogP contribution is 2.43. The summed E-state index contributed by atoms with van der Waals surface area (Å²) in [5.41, 5.74) is 0.305. The number of rotatable bonds is 0. The van der Waals surface area contributed by atoms with Gasteiger partial charge in [0.15, 0.2) is 0 Å². The van der Waals surface area contributed by atoms with Crippen LogP contribution in [-0.4, -0.2) is 16.9 Å². The molecular formula is C7H13NO. The Kier molecular flexibility index (Phi) is 0.945. The molecule has 3 unspecified atom stereocenters. The number of nitrogens with one attached hydrogen (secondary N) is 1. The van der Waals surface area contributed by atoms with E-state index in [-0.39, 0.29) is 6.23 Å². The molecule has 1 heterocycles. The molecule has 1 aliphatic carbocycles. The van der Waals surface area contributed by atoms with Gasteiger partial charge in [0.05, 0.1) is 0 Å². The molecule has 9 heavy (non-hydrogen) atoms. The van der Waals surface area contributed by atoms with Crippen LogP contribution < -0.4 is 5.32 Å². The van der Waals surface area contributed by atoms with Gasteiger partial charge in [-0.25, -0.2) is 0 Å². The molecular weight excluding hydrogens is 114 g/mol. The van der Waals surface area contributed by atoms with Gasteiger partial charge in [-0.2, -0.15) is 0 Å². The Bertz CT molecular complexity index is 137. The second-order valence-corrected chi connectivity index (χ2v) is 3.51. The molecule has 3 atom stereocenters. The second kappa shape index (κ2) is 1.50. The van der Waals surface area contributed by atoms with E-state index >= 15 is 0 Å². The minimum Gasteiger partial charge on any atom is -0.378 e. The normalized spacial score (nSPS) is 56.7. The highest BCUT2D eigenvalue weighted by atomic mass is 16.3. The van der Waals surface area contributed by atoms with Gasteiger partial charge in [0.25, 0.3) is 0 Å². The molecule has 0 radical (unpaired) electrons. The first-order chi connectivity index (χ1) is 4.22. The van der Waals surface area contributed by atoms with Crippen LogP contribution in [0.25, 0.3) is 0 Å². The Morgan fingerprint density at radius 3 is 2.89 bits per heavy atom. The topological polar surface area (TPSA) is 32.3 Å². The van der Waals surface area contributed by atoms with Crippen LogP contribution in [0.3, 0.4) is 0 Å². The van der Waals surface area contributed by atoms with Crippen molar-refractivity contribution in [2.75, 3.05) is 0 Å². The minimum absolute atomic E-state index is 0.197. The first kappa shape index (κ1) is 5.69. The lowest BCUT2D eigenvalue weighted by atomic mass is 9.79. The number of aliphatic hydroxyl groups excluding tert-OH is 1. The summed E-state index contributed by atoms with van der Waals surface area (Å²) < 4.78 is 0. The number of hydrogen-bond acceptors (Lipinski definition) is 2. The van der Waals surface area contributed by atoms with Crippen molar-refractivity contribution >= 4 is 0 Å². The van der Waals surface area contributed by atoms with Crippen LogP contribution in [0, 0.1) is 5.92 Å². The molecule has 0 aromatic heterocycles. The summed E-state index contributed by atoms with van der Waals surface area (Å²) in [6.45, 7) is 2.21. The fraction of sp³-hybridized carbons (Fsp3) is 1.00. The van der Waals surface area contributed by atoms with Gasteiger partial charge in [-0.1, -0.05) is 6.42 Å². The van der Waals surface area contributed by atoms with E-state index in [1.165, 1.54) is 19.3 Å². The van der Waals surface area contributed by atoms with Crippen molar-refractivity contribution in [3.8, 4) is 0 Å². The molecule has 0 aromatic rings. The molecule has 0 spiro atoms. The standard InChI is InChI=1S/C7H13NO/c1-7-4-2-3-5(7)6(9)8-7/h5-6,8-9H,2-4H2,1H3. The first-order valence-corrected chi connectivity index (χ1v) is 3.68. The lowest BCUT2D eigenvalue weighted by Gasteiger charge is -2.48. The second-order valence-electron chi connectivity index (χ2n) is 3.51. The van der Waals surface area contributed by atoms with Crippen LogP contribution in [0.15, 0.2) is 0 Å². The van der Waals surface area contributed by atoms with Gasteiger partial charge in [0.1, 0.15) is 6.23 Å². The Labute approximate surface area is 55.3 Å². The molecule has 2 rings (SSSR count). The quantitative estimate of drug-likeness (QED) is 0.495. The number of hydrogen-bond donors (Lipinski definition) is 2. The van der Waals surface area contributed by atoms with Crippen molar-refractivity contribution in [1.29, 1.82) is 0 Å². The van der Waals surface area contributed by atoms with Gasteiger partial charge in [-0.15, -0.1) is 0 Å². The van der Waals surface area contributed by atoms with Crippen molar-refractivity contribution in [3.63, 3.8) is 0 Å². The zero-order valence-electron chi connectivity index (χ0n) is 5.72. The Hall–Kier alpha value is -0.0800. The van der Waals surface area contributed by atoms with Crippen molar-refractivity contribution in [2.45, 2.75) is 38.0 Å². The maximum absolute atomic E-state index is 9.17. The lowest BCUT2D eigenvalue weighted by Crippen LogP contribution is -2.67. The third-order valence-electron chi connectivity index (χ3n) is 2.89. The predicted octanol–water partition coefficient (Wildman–Crippen LogP) is 0.467. The van der Waals surface area contributed by atoms with E-state index in [4.69, 9.17) is 0 Å². The first-order valence-electron chi connectivity index (χ1n) is 3.68. The van der Waals surface area contributed by atoms with Gasteiger partial charge < -0.3 is 5.11 Å². The van der Waals surface area contributed by atoms with E-state index in [0.29, 0.717) is 11.5 Å². The smallest absolute Gasteiger partial charge is 0.109 e. The molecule has 1 aliphatic heterocycles. The molecule has 0 aromatic carbocycles. The van der Waals surface area contributed by atoms with E-state index in [0.717, 1.165) is 0 Å². The molecule has 1 saturated carbocycles. The number of fused-ring (bicyclic) bond motifs is 1. The van der Waals surface area contributed by atoms with Crippen LogP contribution in [0.1, 0.15) is 26.2 Å². The fourth-order valence-electron chi connectivity index (χ4n) is 2.22. The molecule has 2 nitrogen and oxygen atoms in total. The van der Waals surface area contributed by atoms with Gasteiger partial charge in [-0.05, 0) is 19.8 Å². The van der Waals surface area contributed by atoms with Gasteiger partial charge in [0, 0.05) is 11.5 Å². The van der Waals surface area contributed by atoms with E-state index < -0.39 is 0 Å². The highest BCUT2D eigenvalue weighted by molar-refractivity contribution is 5.06. The van der Waals surface area contributed by atoms with Crippen LogP contribution in [-0.2, 0) is 0 Å². The summed E-state index contributed by atoms with van der Waals surface area (Å²) in [5.74, 6) is 0.553. The predicted molar refractivity (Wildman–Crippen MR) is 34.9 cm³/mol. The van der Waals surface area contributed by atoms with Crippen LogP contribution in [0.5, 0.6) is 0 Å². The van der Waals surface area contributed by atoms with Gasteiger partial charge in [-0.3, -0.25) is 5.32 Å². The monoisotopic (exact) mass is 127 g/mol. The summed E-state index contributed by atoms with van der Waals surface area (Å²) in [6.07, 6.45) is 3.54. The third kappa shape index (κ3) is 0.578. The van der Waals surface area contributed by atoms with Crippen molar-refractivity contribution in [3.05, 3.63) is 0 Å². The van der Waals surface area contributed by atoms with E-state index in [2.05, 4.69) is 12.2 Å². The maximum atomic E-state index is 9.17. The highest BCUT2D eigenvalue weighted by Gasteiger charge is 2.51. The minimum atomic E-state index is -0.197. The molecule has 1 saturated heterocycles. The molecule has 0 amide bonds. The summed E-state index contributed by atoms with van der Waals surface area (Å²) in [7, 11) is 0. The van der Waals surface area contributed by atoms with Crippen molar-refractivity contribution in [2.24, 2.45) is 5.92 Å². The Morgan fingerprint density at radius 2 is 2.44 bits per heavy atom. The molecule has 2 heteroatoms. The molecule has 52 valence electrons. The van der Waals surface area contributed by atoms with Crippen molar-refractivity contribution < 1.29 is 5.11 Å². The average Bonchev–Trinajstić information content (AvgIpc) is 2.06. The largest absolute Gasteiger partial charge is 0.378 e. The van der Waals surface area contributed by atoms with Crippen LogP contribution >= 0.6 is 0 Å². The molecule has 2 fully saturated rings. The van der Waals surface area contributed by atoms with E-state index in [9.17, 15) is 5.11 Å². The van der Waals surface area contributed by atoms with E-state index in [1.807, 2.05) is 0 Å². The molecule has 0 bridgehead atoms. The van der Waals surface area contributed by atoms with Gasteiger partial charge >= 0.3 is 0 Å². The SMILES string of the molecule is CC12CCCC1C(O)N2. The third-order valence-corrected chi connectivity index (χ3v) is 2.89. The fourth-order valence-corrected chi connectivity index (χ4v) is 2.22.